The van der Waals surface area contributed by atoms with Gasteiger partial charge in [0.15, 0.2) is 0 Å². The average Bonchev–Trinajstić information content (AvgIpc) is 2.77. The van der Waals surface area contributed by atoms with Gasteiger partial charge in [0.2, 0.25) is 10.0 Å². The van der Waals surface area contributed by atoms with Crippen molar-refractivity contribution in [2.75, 3.05) is 23.8 Å². The lowest BCUT2D eigenvalue weighted by molar-refractivity contribution is 0.546. The number of rotatable bonds is 4. The molecular formula is C11H14Br2N2O2S2. The lowest BCUT2D eigenvalue weighted by Crippen LogP contribution is -2.30. The minimum absolute atomic E-state index is 0.112. The van der Waals surface area contributed by atoms with E-state index >= 15 is 0 Å². The Morgan fingerprint density at radius 3 is 2.74 bits per heavy atom. The fourth-order valence-corrected chi connectivity index (χ4v) is 6.37. The number of hydrogen-bond acceptors (Lipinski definition) is 4. The molecule has 0 bridgehead atoms. The van der Waals surface area contributed by atoms with Crippen LogP contribution in [0.5, 0.6) is 0 Å². The third kappa shape index (κ3) is 3.87. The monoisotopic (exact) mass is 428 g/mol. The molecule has 0 radical (unpaired) electrons. The number of nitrogen functional groups attached to an aromatic ring is 1. The molecule has 1 heterocycles. The molecule has 8 heteroatoms. The highest BCUT2D eigenvalue weighted by atomic mass is 79.9. The highest BCUT2D eigenvalue weighted by molar-refractivity contribution is 9.11. The summed E-state index contributed by atoms with van der Waals surface area (Å²) in [6, 6.07) is 3.26. The van der Waals surface area contributed by atoms with E-state index in [0.717, 1.165) is 22.4 Å². The molecule has 1 aromatic rings. The van der Waals surface area contributed by atoms with Gasteiger partial charge in [-0.15, -0.1) is 0 Å². The SMILES string of the molecule is Nc1cc(Br)cc(Br)c1S(=O)(=O)NCC1CCSC1. The second kappa shape index (κ2) is 6.34. The lowest BCUT2D eigenvalue weighted by Gasteiger charge is -2.13. The van der Waals surface area contributed by atoms with Crippen LogP contribution >= 0.6 is 43.6 Å². The lowest BCUT2D eigenvalue weighted by atomic mass is 10.1. The van der Waals surface area contributed by atoms with Crippen LogP contribution in [0.1, 0.15) is 6.42 Å². The Bertz CT molecular complexity index is 549. The Hall–Kier alpha value is 0.240. The second-order valence-corrected chi connectivity index (χ2v) is 9.01. The summed E-state index contributed by atoms with van der Waals surface area (Å²) in [5.41, 5.74) is 6.04. The van der Waals surface area contributed by atoms with E-state index in [0.29, 0.717) is 16.9 Å². The highest BCUT2D eigenvalue weighted by Gasteiger charge is 2.24. The number of thioether (sulfide) groups is 1. The van der Waals surface area contributed by atoms with E-state index in [1.165, 1.54) is 0 Å². The summed E-state index contributed by atoms with van der Waals surface area (Å²) < 4.78 is 28.5. The van der Waals surface area contributed by atoms with Crippen molar-refractivity contribution in [2.24, 2.45) is 5.92 Å². The standard InChI is InChI=1S/C11H14Br2N2O2S2/c12-8-3-9(13)11(10(14)4-8)19(16,17)15-5-7-1-2-18-6-7/h3-4,7,15H,1-2,5-6,14H2. The van der Waals surface area contributed by atoms with Gasteiger partial charge in [0.1, 0.15) is 4.90 Å². The molecule has 4 nitrogen and oxygen atoms in total. The predicted molar refractivity (Wildman–Crippen MR) is 86.9 cm³/mol. The van der Waals surface area contributed by atoms with Crippen molar-refractivity contribution >= 4 is 59.3 Å². The second-order valence-electron chi connectivity index (χ2n) is 4.39. The van der Waals surface area contributed by atoms with Gasteiger partial charge in [-0.05, 0) is 51.9 Å². The van der Waals surface area contributed by atoms with E-state index in [1.54, 1.807) is 12.1 Å². The largest absolute Gasteiger partial charge is 0.398 e. The Morgan fingerprint density at radius 2 is 2.16 bits per heavy atom. The molecule has 1 aliphatic rings. The van der Waals surface area contributed by atoms with Gasteiger partial charge in [-0.2, -0.15) is 11.8 Å². The molecule has 1 saturated heterocycles. The predicted octanol–water partition coefficient (Wildman–Crippen LogP) is 2.83. The Balaban J connectivity index is 2.19. The van der Waals surface area contributed by atoms with Crippen LogP contribution < -0.4 is 10.5 Å². The van der Waals surface area contributed by atoms with E-state index in [9.17, 15) is 8.42 Å². The van der Waals surface area contributed by atoms with Crippen LogP contribution in [0.25, 0.3) is 0 Å². The van der Waals surface area contributed by atoms with Gasteiger partial charge < -0.3 is 5.73 Å². The van der Waals surface area contributed by atoms with Crippen LogP contribution in [0, 0.1) is 5.92 Å². The van der Waals surface area contributed by atoms with Crippen LogP contribution in [-0.2, 0) is 10.0 Å². The molecule has 1 atom stereocenters. The summed E-state index contributed by atoms with van der Waals surface area (Å²) in [7, 11) is -3.58. The molecular weight excluding hydrogens is 416 g/mol. The van der Waals surface area contributed by atoms with Crippen molar-refractivity contribution in [3.63, 3.8) is 0 Å². The van der Waals surface area contributed by atoms with Crippen molar-refractivity contribution in [3.8, 4) is 0 Å². The van der Waals surface area contributed by atoms with Gasteiger partial charge >= 0.3 is 0 Å². The zero-order valence-corrected chi connectivity index (χ0v) is 14.8. The first kappa shape index (κ1) is 15.6. The van der Waals surface area contributed by atoms with Gasteiger partial charge in [0.25, 0.3) is 0 Å². The van der Waals surface area contributed by atoms with E-state index in [-0.39, 0.29) is 10.6 Å². The first-order valence-electron chi connectivity index (χ1n) is 5.72. The molecule has 106 valence electrons. The fraction of sp³-hybridized carbons (Fsp3) is 0.455. The van der Waals surface area contributed by atoms with E-state index in [2.05, 4.69) is 36.6 Å². The molecule has 0 saturated carbocycles. The number of hydrogen-bond donors (Lipinski definition) is 2. The number of nitrogens with one attached hydrogen (secondary N) is 1. The van der Waals surface area contributed by atoms with Crippen molar-refractivity contribution in [1.82, 2.24) is 4.72 Å². The van der Waals surface area contributed by atoms with Crippen LogP contribution in [0.4, 0.5) is 5.69 Å². The molecule has 1 aromatic carbocycles. The maximum atomic E-state index is 12.3. The summed E-state index contributed by atoms with van der Waals surface area (Å²) in [6.07, 6.45) is 1.06. The summed E-state index contributed by atoms with van der Waals surface area (Å²) in [5.74, 6) is 2.53. The minimum Gasteiger partial charge on any atom is -0.398 e. The van der Waals surface area contributed by atoms with Crippen molar-refractivity contribution in [3.05, 3.63) is 21.1 Å². The first-order valence-corrected chi connectivity index (χ1v) is 9.94. The summed E-state index contributed by atoms with van der Waals surface area (Å²) in [5, 5.41) is 0. The van der Waals surface area contributed by atoms with Crippen molar-refractivity contribution < 1.29 is 8.42 Å². The first-order chi connectivity index (χ1) is 8.90. The Labute approximate surface area is 134 Å². The summed E-state index contributed by atoms with van der Waals surface area (Å²) >= 11 is 8.39. The number of nitrogens with two attached hydrogens (primary N) is 1. The van der Waals surface area contributed by atoms with Crippen molar-refractivity contribution in [2.45, 2.75) is 11.3 Å². The van der Waals surface area contributed by atoms with Gasteiger partial charge in [0.05, 0.1) is 5.69 Å². The summed E-state index contributed by atoms with van der Waals surface area (Å²) in [4.78, 5) is 0.112. The van der Waals surface area contributed by atoms with Crippen LogP contribution in [0.15, 0.2) is 26.0 Å². The molecule has 0 aliphatic carbocycles. The number of anilines is 1. The van der Waals surface area contributed by atoms with Crippen LogP contribution in [0.2, 0.25) is 0 Å². The van der Waals surface area contributed by atoms with Gasteiger partial charge in [-0.1, -0.05) is 15.9 Å². The van der Waals surface area contributed by atoms with Gasteiger partial charge in [0, 0.05) is 15.5 Å². The maximum Gasteiger partial charge on any atom is 0.243 e. The van der Waals surface area contributed by atoms with Crippen LogP contribution in [0.3, 0.4) is 0 Å². The summed E-state index contributed by atoms with van der Waals surface area (Å²) in [6.45, 7) is 0.470. The molecule has 0 aromatic heterocycles. The quantitative estimate of drug-likeness (QED) is 0.721. The number of halogens is 2. The third-order valence-electron chi connectivity index (χ3n) is 2.89. The maximum absolute atomic E-state index is 12.3. The zero-order valence-electron chi connectivity index (χ0n) is 10.0. The molecule has 19 heavy (non-hydrogen) atoms. The van der Waals surface area contributed by atoms with Crippen LogP contribution in [-0.4, -0.2) is 26.5 Å². The molecule has 2 rings (SSSR count). The molecule has 0 spiro atoms. The molecule has 3 N–H and O–H groups in total. The fourth-order valence-electron chi connectivity index (χ4n) is 1.91. The Morgan fingerprint density at radius 1 is 1.42 bits per heavy atom. The van der Waals surface area contributed by atoms with E-state index in [4.69, 9.17) is 5.73 Å². The highest BCUT2D eigenvalue weighted by Crippen LogP contribution is 2.32. The van der Waals surface area contributed by atoms with Gasteiger partial charge in [-0.3, -0.25) is 0 Å². The number of sulfonamides is 1. The third-order valence-corrected chi connectivity index (χ3v) is 7.01. The molecule has 1 aliphatic heterocycles. The molecule has 0 amide bonds. The van der Waals surface area contributed by atoms with E-state index in [1.807, 2.05) is 11.8 Å². The molecule has 1 fully saturated rings. The Kier molecular flexibility index (Phi) is 5.21. The molecule has 1 unspecified atom stereocenters. The van der Waals surface area contributed by atoms with Gasteiger partial charge in [-0.25, -0.2) is 13.1 Å². The van der Waals surface area contributed by atoms with Crippen molar-refractivity contribution in [1.29, 1.82) is 0 Å². The smallest absolute Gasteiger partial charge is 0.243 e. The normalized spacial score (nSPS) is 19.8. The number of benzene rings is 1. The zero-order chi connectivity index (χ0) is 14.0. The topological polar surface area (TPSA) is 72.2 Å². The minimum atomic E-state index is -3.58. The average molecular weight is 430 g/mol. The van der Waals surface area contributed by atoms with E-state index < -0.39 is 10.0 Å².